The molecule has 0 saturated heterocycles. The van der Waals surface area contributed by atoms with Gasteiger partial charge < -0.3 is 4.98 Å². The monoisotopic (exact) mass is 275 g/mol. The molecule has 1 N–H and O–H groups in total. The van der Waals surface area contributed by atoms with Gasteiger partial charge in [0, 0.05) is 34.6 Å². The lowest BCUT2D eigenvalue weighted by Gasteiger charge is -1.99. The van der Waals surface area contributed by atoms with E-state index in [1.165, 1.54) is 0 Å². The maximum absolute atomic E-state index is 4.59. The Kier molecular flexibility index (Phi) is 2.57. The molecule has 3 heterocycles. The fourth-order valence-corrected chi connectivity index (χ4v) is 2.55. The second-order valence-corrected chi connectivity index (χ2v) is 4.90. The first kappa shape index (κ1) is 11.8. The molecule has 1 aromatic carbocycles. The van der Waals surface area contributed by atoms with Crippen LogP contribution in [0.2, 0.25) is 0 Å². The van der Waals surface area contributed by atoms with E-state index in [1.807, 2.05) is 31.2 Å². The van der Waals surface area contributed by atoms with Crippen LogP contribution in [-0.2, 0) is 0 Å². The van der Waals surface area contributed by atoms with E-state index in [0.717, 1.165) is 33.5 Å². The van der Waals surface area contributed by atoms with Gasteiger partial charge in [0.05, 0.1) is 6.20 Å². The first-order valence-electron chi connectivity index (χ1n) is 6.73. The van der Waals surface area contributed by atoms with Crippen LogP contribution in [0.25, 0.3) is 27.8 Å². The minimum atomic E-state index is 0.835. The average molecular weight is 275 g/mol. The number of hydrogen-bond acceptors (Lipinski definition) is 3. The van der Waals surface area contributed by atoms with Crippen LogP contribution in [0.1, 0.15) is 5.69 Å². The molecule has 0 aliphatic carbocycles. The first-order valence-corrected chi connectivity index (χ1v) is 6.73. The lowest BCUT2D eigenvalue weighted by molar-refractivity contribution is 0.753. The molecule has 5 nitrogen and oxygen atoms in total. The van der Waals surface area contributed by atoms with Gasteiger partial charge in [0.25, 0.3) is 0 Å². The molecule has 0 atom stereocenters. The van der Waals surface area contributed by atoms with E-state index in [4.69, 9.17) is 0 Å². The summed E-state index contributed by atoms with van der Waals surface area (Å²) in [6.45, 7) is 2.03. The number of nitrogens with zero attached hydrogens (tertiary/aromatic N) is 4. The average Bonchev–Trinajstić information content (AvgIpc) is 3.11. The number of H-pyrrole nitrogens is 1. The molecule has 102 valence electrons. The molecule has 0 aliphatic heterocycles. The highest BCUT2D eigenvalue weighted by molar-refractivity contribution is 5.89. The molecule has 0 aliphatic rings. The van der Waals surface area contributed by atoms with Gasteiger partial charge >= 0.3 is 0 Å². The number of fused-ring (bicyclic) bond motifs is 1. The molecular weight excluding hydrogens is 262 g/mol. The zero-order valence-corrected chi connectivity index (χ0v) is 11.5. The van der Waals surface area contributed by atoms with Gasteiger partial charge in [-0.25, -0.2) is 0 Å². The Balaban J connectivity index is 1.87. The summed E-state index contributed by atoms with van der Waals surface area (Å²) in [5.41, 5.74) is 4.97. The van der Waals surface area contributed by atoms with Crippen LogP contribution in [0.5, 0.6) is 0 Å². The molecule has 0 fully saturated rings. The maximum Gasteiger partial charge on any atom is 0.114 e. The van der Waals surface area contributed by atoms with Crippen molar-refractivity contribution in [2.75, 3.05) is 0 Å². The first-order chi connectivity index (χ1) is 10.3. The summed E-state index contributed by atoms with van der Waals surface area (Å²) in [5.74, 6) is 0. The molecule has 0 spiro atoms. The van der Waals surface area contributed by atoms with Gasteiger partial charge in [0.15, 0.2) is 0 Å². The van der Waals surface area contributed by atoms with Gasteiger partial charge in [-0.3, -0.25) is 4.98 Å². The summed E-state index contributed by atoms with van der Waals surface area (Å²) in [6.07, 6.45) is 5.28. The Bertz CT molecular complexity index is 905. The quantitative estimate of drug-likeness (QED) is 0.611. The minimum Gasteiger partial charge on any atom is -0.357 e. The maximum atomic E-state index is 4.59. The zero-order valence-electron chi connectivity index (χ0n) is 11.5. The van der Waals surface area contributed by atoms with Gasteiger partial charge in [-0.1, -0.05) is 18.2 Å². The third-order valence-corrected chi connectivity index (χ3v) is 3.53. The van der Waals surface area contributed by atoms with Crippen molar-refractivity contribution < 1.29 is 0 Å². The molecule has 21 heavy (non-hydrogen) atoms. The summed E-state index contributed by atoms with van der Waals surface area (Å²) in [5, 5.41) is 10.1. The van der Waals surface area contributed by atoms with Gasteiger partial charge in [-0.15, -0.1) is 9.90 Å². The van der Waals surface area contributed by atoms with E-state index in [1.54, 1.807) is 23.4 Å². The summed E-state index contributed by atoms with van der Waals surface area (Å²) < 4.78 is 0. The third kappa shape index (κ3) is 1.90. The molecule has 0 radical (unpaired) electrons. The summed E-state index contributed by atoms with van der Waals surface area (Å²) in [6, 6.07) is 12.0. The van der Waals surface area contributed by atoms with Crippen LogP contribution < -0.4 is 0 Å². The number of aromatic nitrogens is 5. The van der Waals surface area contributed by atoms with Crippen molar-refractivity contribution in [3.63, 3.8) is 0 Å². The van der Waals surface area contributed by atoms with Gasteiger partial charge in [-0.05, 0) is 25.1 Å². The predicted octanol–water partition coefficient (Wildman–Crippen LogP) is 3.12. The topological polar surface area (TPSA) is 59.4 Å². The summed E-state index contributed by atoms with van der Waals surface area (Å²) in [7, 11) is 0. The number of aryl methyl sites for hydroxylation is 1. The molecule has 0 amide bonds. The minimum absolute atomic E-state index is 0.835. The molecule has 5 heteroatoms. The van der Waals surface area contributed by atoms with E-state index in [0.29, 0.717) is 0 Å². The Morgan fingerprint density at radius 3 is 2.71 bits per heavy atom. The molecule has 0 saturated carbocycles. The highest BCUT2D eigenvalue weighted by atomic mass is 15.5. The molecule has 0 bridgehead atoms. The fourth-order valence-electron chi connectivity index (χ4n) is 2.55. The van der Waals surface area contributed by atoms with Gasteiger partial charge in [-0.2, -0.15) is 5.10 Å². The molecule has 0 unspecified atom stereocenters. The summed E-state index contributed by atoms with van der Waals surface area (Å²) >= 11 is 0. The van der Waals surface area contributed by atoms with Crippen molar-refractivity contribution >= 4 is 10.9 Å². The lowest BCUT2D eigenvalue weighted by atomic mass is 10.2. The van der Waals surface area contributed by atoms with Gasteiger partial charge in [0.2, 0.25) is 0 Å². The molecule has 4 aromatic rings. The second-order valence-electron chi connectivity index (χ2n) is 4.90. The second kappa shape index (κ2) is 4.56. The Labute approximate surface area is 121 Å². The van der Waals surface area contributed by atoms with Crippen LogP contribution >= 0.6 is 0 Å². The Morgan fingerprint density at radius 2 is 1.86 bits per heavy atom. The number of nitrogens with one attached hydrogen (secondary N) is 1. The van der Waals surface area contributed by atoms with Gasteiger partial charge in [0.1, 0.15) is 11.4 Å². The SMILES string of the molecule is Cc1[nH]c2ccccc2c1-n1ncc(-c2ccncc2)n1. The standard InChI is InChI=1S/C16H13N5/c1-11-16(13-4-2-3-5-14(13)19-11)21-18-10-15(20-21)12-6-8-17-9-7-12/h2-10,19H,1H3. The third-order valence-electron chi connectivity index (χ3n) is 3.53. The van der Waals surface area contributed by atoms with E-state index >= 15 is 0 Å². The van der Waals surface area contributed by atoms with Crippen LogP contribution in [0, 0.1) is 6.92 Å². The van der Waals surface area contributed by atoms with Crippen molar-refractivity contribution in [3.05, 3.63) is 60.7 Å². The Morgan fingerprint density at radius 1 is 1.05 bits per heavy atom. The van der Waals surface area contributed by atoms with Crippen molar-refractivity contribution in [2.24, 2.45) is 0 Å². The Hall–Kier alpha value is -2.95. The van der Waals surface area contributed by atoms with Crippen molar-refractivity contribution in [1.29, 1.82) is 0 Å². The number of hydrogen-bond donors (Lipinski definition) is 1. The van der Waals surface area contributed by atoms with Crippen LogP contribution in [-0.4, -0.2) is 25.0 Å². The highest BCUT2D eigenvalue weighted by Gasteiger charge is 2.13. The van der Waals surface area contributed by atoms with Crippen molar-refractivity contribution in [3.8, 4) is 16.9 Å². The molecular formula is C16H13N5. The fraction of sp³-hybridized carbons (Fsp3) is 0.0625. The summed E-state index contributed by atoms with van der Waals surface area (Å²) in [4.78, 5) is 9.07. The lowest BCUT2D eigenvalue weighted by Crippen LogP contribution is -1.99. The number of para-hydroxylation sites is 1. The predicted molar refractivity (Wildman–Crippen MR) is 81.2 cm³/mol. The number of benzene rings is 1. The smallest absolute Gasteiger partial charge is 0.114 e. The normalized spacial score (nSPS) is 11.1. The molecule has 3 aromatic heterocycles. The van der Waals surface area contributed by atoms with E-state index < -0.39 is 0 Å². The number of aromatic amines is 1. The van der Waals surface area contributed by atoms with E-state index in [-0.39, 0.29) is 0 Å². The zero-order chi connectivity index (χ0) is 14.2. The van der Waals surface area contributed by atoms with Crippen molar-refractivity contribution in [1.82, 2.24) is 25.0 Å². The largest absolute Gasteiger partial charge is 0.357 e. The van der Waals surface area contributed by atoms with Crippen LogP contribution in [0.3, 0.4) is 0 Å². The number of rotatable bonds is 2. The highest BCUT2D eigenvalue weighted by Crippen LogP contribution is 2.25. The van der Waals surface area contributed by atoms with E-state index in [2.05, 4.69) is 32.3 Å². The van der Waals surface area contributed by atoms with Crippen molar-refractivity contribution in [2.45, 2.75) is 6.92 Å². The van der Waals surface area contributed by atoms with Crippen LogP contribution in [0.4, 0.5) is 0 Å². The van der Waals surface area contributed by atoms with Crippen LogP contribution in [0.15, 0.2) is 55.0 Å². The number of pyridine rings is 1. The van der Waals surface area contributed by atoms with E-state index in [9.17, 15) is 0 Å². The molecule has 4 rings (SSSR count).